The molecule has 5 heteroatoms. The van der Waals surface area contributed by atoms with Crippen LogP contribution in [0.2, 0.25) is 0 Å². The Bertz CT molecular complexity index is 541. The maximum Gasteiger partial charge on any atom is 0.326 e. The standard InChI is InChI=1S/C9H7FN2O2/c10-6-2-1-3-7-8(6)12(4-5-13)9(14)11-7/h1-3,5H,4H2,(H,11,14). The molecule has 1 heterocycles. The number of aromatic nitrogens is 2. The summed E-state index contributed by atoms with van der Waals surface area (Å²) < 4.78 is 14.4. The van der Waals surface area contributed by atoms with Gasteiger partial charge in [0.15, 0.2) is 0 Å². The number of H-pyrrole nitrogens is 1. The van der Waals surface area contributed by atoms with Gasteiger partial charge in [-0.1, -0.05) is 6.07 Å². The Morgan fingerprint density at radius 1 is 1.50 bits per heavy atom. The highest BCUT2D eigenvalue weighted by atomic mass is 19.1. The van der Waals surface area contributed by atoms with Crippen molar-refractivity contribution < 1.29 is 9.18 Å². The fourth-order valence-electron chi connectivity index (χ4n) is 1.42. The molecule has 0 amide bonds. The van der Waals surface area contributed by atoms with E-state index in [1.807, 2.05) is 0 Å². The molecule has 0 bridgehead atoms. The number of aldehydes is 1. The molecule has 0 spiro atoms. The summed E-state index contributed by atoms with van der Waals surface area (Å²) in [6.07, 6.45) is 0.557. The first kappa shape index (κ1) is 8.68. The average Bonchev–Trinajstić information content (AvgIpc) is 2.45. The van der Waals surface area contributed by atoms with E-state index in [2.05, 4.69) is 4.98 Å². The lowest BCUT2D eigenvalue weighted by molar-refractivity contribution is -0.108. The summed E-state index contributed by atoms with van der Waals surface area (Å²) in [5.74, 6) is -0.511. The maximum atomic E-state index is 13.3. The second-order valence-electron chi connectivity index (χ2n) is 2.84. The third-order valence-electron chi connectivity index (χ3n) is 2.00. The van der Waals surface area contributed by atoms with E-state index < -0.39 is 11.5 Å². The van der Waals surface area contributed by atoms with E-state index in [1.54, 1.807) is 6.07 Å². The minimum Gasteiger partial charge on any atom is -0.305 e. The number of hydrogen-bond acceptors (Lipinski definition) is 2. The van der Waals surface area contributed by atoms with E-state index in [4.69, 9.17) is 0 Å². The molecule has 0 fully saturated rings. The first-order valence-electron chi connectivity index (χ1n) is 4.04. The van der Waals surface area contributed by atoms with Crippen LogP contribution >= 0.6 is 0 Å². The molecule has 1 aromatic carbocycles. The number of nitrogens with one attached hydrogen (secondary N) is 1. The molecule has 0 saturated carbocycles. The zero-order chi connectivity index (χ0) is 10.1. The van der Waals surface area contributed by atoms with Crippen molar-refractivity contribution in [3.63, 3.8) is 0 Å². The van der Waals surface area contributed by atoms with E-state index in [9.17, 15) is 14.0 Å². The Hall–Kier alpha value is -1.91. The molecule has 0 atom stereocenters. The Balaban J connectivity index is 2.86. The lowest BCUT2D eigenvalue weighted by atomic mass is 10.3. The van der Waals surface area contributed by atoms with Gasteiger partial charge in [-0.2, -0.15) is 0 Å². The number of rotatable bonds is 2. The van der Waals surface area contributed by atoms with Crippen molar-refractivity contribution in [2.45, 2.75) is 6.54 Å². The maximum absolute atomic E-state index is 13.3. The number of nitrogens with zero attached hydrogens (tertiary/aromatic N) is 1. The van der Waals surface area contributed by atoms with Crippen LogP contribution in [0.15, 0.2) is 23.0 Å². The van der Waals surface area contributed by atoms with Gasteiger partial charge in [-0.3, -0.25) is 4.57 Å². The van der Waals surface area contributed by atoms with Gasteiger partial charge in [0.2, 0.25) is 0 Å². The van der Waals surface area contributed by atoms with E-state index in [1.165, 1.54) is 12.1 Å². The van der Waals surface area contributed by atoms with E-state index in [-0.39, 0.29) is 12.1 Å². The second-order valence-corrected chi connectivity index (χ2v) is 2.84. The molecule has 1 N–H and O–H groups in total. The van der Waals surface area contributed by atoms with Gasteiger partial charge in [0.25, 0.3) is 0 Å². The highest BCUT2D eigenvalue weighted by Crippen LogP contribution is 2.13. The fraction of sp³-hybridized carbons (Fsp3) is 0.111. The van der Waals surface area contributed by atoms with Crippen molar-refractivity contribution in [2.75, 3.05) is 0 Å². The highest BCUT2D eigenvalue weighted by molar-refractivity contribution is 5.76. The van der Waals surface area contributed by atoms with Crippen LogP contribution in [0.4, 0.5) is 4.39 Å². The average molecular weight is 194 g/mol. The predicted molar refractivity (Wildman–Crippen MR) is 48.6 cm³/mol. The van der Waals surface area contributed by atoms with Crippen LogP contribution in [0.5, 0.6) is 0 Å². The Morgan fingerprint density at radius 3 is 3.00 bits per heavy atom. The van der Waals surface area contributed by atoms with Gasteiger partial charge in [-0.25, -0.2) is 9.18 Å². The number of hydrogen-bond donors (Lipinski definition) is 1. The van der Waals surface area contributed by atoms with Crippen molar-refractivity contribution in [1.29, 1.82) is 0 Å². The summed E-state index contributed by atoms with van der Waals surface area (Å²) in [4.78, 5) is 24.0. The molecule has 0 aliphatic carbocycles. The van der Waals surface area contributed by atoms with Gasteiger partial charge in [0, 0.05) is 0 Å². The normalized spacial score (nSPS) is 10.6. The molecule has 1 aromatic heterocycles. The van der Waals surface area contributed by atoms with E-state index >= 15 is 0 Å². The number of para-hydroxylation sites is 1. The topological polar surface area (TPSA) is 54.9 Å². The summed E-state index contributed by atoms with van der Waals surface area (Å²) in [6, 6.07) is 4.33. The number of aromatic amines is 1. The molecule has 2 rings (SSSR count). The van der Waals surface area contributed by atoms with Crippen molar-refractivity contribution >= 4 is 17.3 Å². The summed E-state index contributed by atoms with van der Waals surface area (Å²) in [5, 5.41) is 0. The quantitative estimate of drug-likeness (QED) is 0.714. The van der Waals surface area contributed by atoms with Crippen molar-refractivity contribution in [3.05, 3.63) is 34.5 Å². The van der Waals surface area contributed by atoms with Crippen LogP contribution in [-0.2, 0) is 11.3 Å². The lowest BCUT2D eigenvalue weighted by Gasteiger charge is -1.97. The Kier molecular flexibility index (Phi) is 1.92. The smallest absolute Gasteiger partial charge is 0.305 e. The summed E-state index contributed by atoms with van der Waals surface area (Å²) in [6.45, 7) is -0.139. The number of benzene rings is 1. The molecule has 72 valence electrons. The SMILES string of the molecule is O=CCn1c(=O)[nH]c2cccc(F)c21. The molecule has 0 aliphatic heterocycles. The molecule has 0 unspecified atom stereocenters. The lowest BCUT2D eigenvalue weighted by Crippen LogP contribution is -2.17. The number of fused-ring (bicyclic) bond motifs is 1. The van der Waals surface area contributed by atoms with Gasteiger partial charge in [-0.15, -0.1) is 0 Å². The predicted octanol–water partition coefficient (Wildman–Crippen LogP) is 0.668. The number of imidazole rings is 1. The Morgan fingerprint density at radius 2 is 2.29 bits per heavy atom. The van der Waals surface area contributed by atoms with Crippen LogP contribution in [0.1, 0.15) is 0 Å². The molecular formula is C9H7FN2O2. The zero-order valence-electron chi connectivity index (χ0n) is 7.16. The van der Waals surface area contributed by atoms with E-state index in [0.717, 1.165) is 4.57 Å². The van der Waals surface area contributed by atoms with Gasteiger partial charge >= 0.3 is 5.69 Å². The van der Waals surface area contributed by atoms with Crippen molar-refractivity contribution in [1.82, 2.24) is 9.55 Å². The molecule has 2 aromatic rings. The molecule has 0 aliphatic rings. The van der Waals surface area contributed by atoms with Crippen molar-refractivity contribution in [3.8, 4) is 0 Å². The third-order valence-corrected chi connectivity index (χ3v) is 2.00. The largest absolute Gasteiger partial charge is 0.326 e. The third kappa shape index (κ3) is 1.14. The molecule has 0 saturated heterocycles. The van der Waals surface area contributed by atoms with Crippen LogP contribution < -0.4 is 5.69 Å². The van der Waals surface area contributed by atoms with Gasteiger partial charge in [0.05, 0.1) is 12.1 Å². The minimum atomic E-state index is -0.511. The molecular weight excluding hydrogens is 187 g/mol. The summed E-state index contributed by atoms with van der Waals surface area (Å²) >= 11 is 0. The Labute approximate surface area is 78.0 Å². The van der Waals surface area contributed by atoms with Crippen LogP contribution in [-0.4, -0.2) is 15.8 Å². The molecule has 14 heavy (non-hydrogen) atoms. The van der Waals surface area contributed by atoms with E-state index in [0.29, 0.717) is 11.8 Å². The first-order valence-corrected chi connectivity index (χ1v) is 4.04. The zero-order valence-corrected chi connectivity index (χ0v) is 7.16. The summed E-state index contributed by atoms with van der Waals surface area (Å²) in [5.41, 5.74) is 0.0682. The molecule has 4 nitrogen and oxygen atoms in total. The molecule has 0 radical (unpaired) electrons. The number of halogens is 1. The number of carbonyl (C=O) groups excluding carboxylic acids is 1. The first-order chi connectivity index (χ1) is 6.74. The van der Waals surface area contributed by atoms with Gasteiger partial charge in [0.1, 0.15) is 17.6 Å². The van der Waals surface area contributed by atoms with Crippen LogP contribution in [0.3, 0.4) is 0 Å². The fourth-order valence-corrected chi connectivity index (χ4v) is 1.42. The highest BCUT2D eigenvalue weighted by Gasteiger charge is 2.09. The second kappa shape index (κ2) is 3.10. The number of carbonyl (C=O) groups is 1. The van der Waals surface area contributed by atoms with Crippen molar-refractivity contribution in [2.24, 2.45) is 0 Å². The monoisotopic (exact) mass is 194 g/mol. The minimum absolute atomic E-state index is 0.139. The van der Waals surface area contributed by atoms with Crippen LogP contribution in [0.25, 0.3) is 11.0 Å². The van der Waals surface area contributed by atoms with Gasteiger partial charge in [-0.05, 0) is 12.1 Å². The summed E-state index contributed by atoms with van der Waals surface area (Å²) in [7, 11) is 0. The van der Waals surface area contributed by atoms with Crippen LogP contribution in [0, 0.1) is 5.82 Å². The van der Waals surface area contributed by atoms with Gasteiger partial charge < -0.3 is 9.78 Å².